The Bertz CT molecular complexity index is 455. The fourth-order valence-electron chi connectivity index (χ4n) is 5.44. The molecule has 0 aliphatic heterocycles. The molecule has 4 heteroatoms. The molecule has 0 radical (unpaired) electrons. The average molecular weight is 561 g/mol. The molecule has 0 aromatic carbocycles. The van der Waals surface area contributed by atoms with E-state index in [-0.39, 0.29) is 23.0 Å². The van der Waals surface area contributed by atoms with Gasteiger partial charge in [-0.3, -0.25) is 4.84 Å². The molecule has 0 fully saturated rings. The van der Waals surface area contributed by atoms with E-state index >= 15 is 0 Å². The van der Waals surface area contributed by atoms with Gasteiger partial charge >= 0.3 is 5.97 Å². The van der Waals surface area contributed by atoms with Crippen LogP contribution in [0, 0.1) is 0 Å². The molecular formula is C31H62BrNO2. The molecule has 0 aromatic heterocycles. The van der Waals surface area contributed by atoms with Crippen molar-refractivity contribution in [1.82, 2.24) is 0 Å². The van der Waals surface area contributed by atoms with Crippen molar-refractivity contribution in [2.75, 3.05) is 6.54 Å². The standard InChI is InChI=1S/C31H62NO2.BrH/c1-7-11-13-15-17-19-21-23-25-27-29(5)32(10-4,34-31(33)9-3)30(6)28-26-24-22-20-18-16-14-12-8-2;/h9,29-30H,3,7-8,10-28H2,1-2,4-6H3;1H/q+1;/p-1. The van der Waals surface area contributed by atoms with E-state index in [1.807, 2.05) is 0 Å². The number of hydrogen-bond donors (Lipinski definition) is 0. The molecule has 0 N–H and O–H groups in total. The fraction of sp³-hybridized carbons (Fsp3) is 0.903. The molecule has 2 atom stereocenters. The zero-order valence-electron chi connectivity index (χ0n) is 24.4. The number of quaternary nitrogens is 1. The van der Waals surface area contributed by atoms with Crippen LogP contribution < -0.4 is 17.0 Å². The van der Waals surface area contributed by atoms with Gasteiger partial charge in [0, 0.05) is 18.9 Å². The molecule has 0 saturated heterocycles. The Morgan fingerprint density at radius 3 is 1.26 bits per heavy atom. The molecule has 0 aromatic rings. The first-order valence-corrected chi connectivity index (χ1v) is 15.2. The largest absolute Gasteiger partial charge is 1.00 e. The number of halogens is 1. The number of unbranched alkanes of at least 4 members (excludes halogenated alkanes) is 16. The van der Waals surface area contributed by atoms with Crippen molar-refractivity contribution in [2.24, 2.45) is 0 Å². The van der Waals surface area contributed by atoms with E-state index in [2.05, 4.69) is 41.2 Å². The van der Waals surface area contributed by atoms with Gasteiger partial charge in [-0.05, 0) is 33.6 Å². The number of hydrogen-bond acceptors (Lipinski definition) is 2. The summed E-state index contributed by atoms with van der Waals surface area (Å²) >= 11 is 0. The molecule has 0 amide bonds. The van der Waals surface area contributed by atoms with Crippen LogP contribution in [-0.4, -0.2) is 29.2 Å². The lowest BCUT2D eigenvalue weighted by Crippen LogP contribution is -3.00. The first kappa shape index (κ1) is 36.8. The van der Waals surface area contributed by atoms with Crippen molar-refractivity contribution in [2.45, 2.75) is 175 Å². The molecule has 0 aliphatic carbocycles. The van der Waals surface area contributed by atoms with E-state index < -0.39 is 0 Å². The molecule has 2 unspecified atom stereocenters. The number of nitrogens with zero attached hydrogens (tertiary/aromatic N) is 1. The normalized spacial score (nSPS) is 14.5. The van der Waals surface area contributed by atoms with Crippen LogP contribution in [0.25, 0.3) is 0 Å². The zero-order valence-corrected chi connectivity index (χ0v) is 26.0. The third kappa shape index (κ3) is 17.7. The highest BCUT2D eigenvalue weighted by atomic mass is 79.9. The second kappa shape index (κ2) is 25.3. The molecule has 0 rings (SSSR count). The number of rotatable bonds is 25. The lowest BCUT2D eigenvalue weighted by Gasteiger charge is -2.43. The second-order valence-corrected chi connectivity index (χ2v) is 10.7. The lowest BCUT2D eigenvalue weighted by molar-refractivity contribution is -1.12. The molecule has 3 nitrogen and oxygen atoms in total. The summed E-state index contributed by atoms with van der Waals surface area (Å²) in [7, 11) is 0. The summed E-state index contributed by atoms with van der Waals surface area (Å²) in [6.07, 6.45) is 27.8. The summed E-state index contributed by atoms with van der Waals surface area (Å²) in [5.74, 6) is -0.278. The third-order valence-corrected chi connectivity index (χ3v) is 7.86. The summed E-state index contributed by atoms with van der Waals surface area (Å²) in [4.78, 5) is 18.4. The molecule has 0 heterocycles. The van der Waals surface area contributed by atoms with E-state index in [0.29, 0.717) is 16.7 Å². The maximum Gasteiger partial charge on any atom is 0.389 e. The third-order valence-electron chi connectivity index (χ3n) is 7.86. The van der Waals surface area contributed by atoms with Gasteiger partial charge < -0.3 is 17.0 Å². The minimum Gasteiger partial charge on any atom is -1.00 e. The SMILES string of the molecule is C=CC(=O)O[N+](CC)(C(C)CCCCCCCCCCC)C(C)CCCCCCCCCCC.[Br-]. The Kier molecular flexibility index (Phi) is 26.6. The van der Waals surface area contributed by atoms with Crippen LogP contribution in [0.1, 0.15) is 163 Å². The van der Waals surface area contributed by atoms with Gasteiger partial charge in [0.05, 0.1) is 0 Å². The highest BCUT2D eigenvalue weighted by Crippen LogP contribution is 2.28. The van der Waals surface area contributed by atoms with E-state index in [0.717, 1.165) is 19.4 Å². The van der Waals surface area contributed by atoms with Crippen molar-refractivity contribution >= 4 is 5.97 Å². The van der Waals surface area contributed by atoms with Crippen molar-refractivity contribution in [3.05, 3.63) is 12.7 Å². The molecule has 0 bridgehead atoms. The highest BCUT2D eigenvalue weighted by Gasteiger charge is 2.42. The van der Waals surface area contributed by atoms with E-state index in [1.54, 1.807) is 0 Å². The molecular weight excluding hydrogens is 498 g/mol. The lowest BCUT2D eigenvalue weighted by atomic mass is 10.0. The van der Waals surface area contributed by atoms with Crippen LogP contribution in [-0.2, 0) is 9.63 Å². The van der Waals surface area contributed by atoms with Gasteiger partial charge in [-0.1, -0.05) is 123 Å². The summed E-state index contributed by atoms with van der Waals surface area (Å²) in [6, 6.07) is 0.652. The topological polar surface area (TPSA) is 26.3 Å². The summed E-state index contributed by atoms with van der Waals surface area (Å²) < 4.78 is 0.457. The quantitative estimate of drug-likeness (QED) is 0.0516. The number of carbonyl (C=O) groups excluding carboxylic acids is 1. The Balaban J connectivity index is 0. The first-order valence-electron chi connectivity index (χ1n) is 15.2. The Hall–Kier alpha value is -0.350. The molecule has 210 valence electrons. The predicted octanol–water partition coefficient (Wildman–Crippen LogP) is 7.09. The number of hydroxylamine groups is 3. The number of carbonyl (C=O) groups is 1. The highest BCUT2D eigenvalue weighted by molar-refractivity contribution is 5.80. The van der Waals surface area contributed by atoms with Crippen LogP contribution in [0.15, 0.2) is 12.7 Å². The van der Waals surface area contributed by atoms with Gasteiger partial charge in [0.15, 0.2) is 0 Å². The van der Waals surface area contributed by atoms with Crippen LogP contribution in [0.3, 0.4) is 0 Å². The first-order chi connectivity index (χ1) is 16.5. The van der Waals surface area contributed by atoms with Crippen LogP contribution in [0.2, 0.25) is 0 Å². The Morgan fingerprint density at radius 2 is 0.971 bits per heavy atom. The van der Waals surface area contributed by atoms with Gasteiger partial charge in [-0.25, -0.2) is 4.79 Å². The zero-order chi connectivity index (χ0) is 25.5. The van der Waals surface area contributed by atoms with Crippen molar-refractivity contribution in [3.8, 4) is 0 Å². The molecule has 0 spiro atoms. The van der Waals surface area contributed by atoms with Crippen molar-refractivity contribution < 1.29 is 31.3 Å². The fourth-order valence-corrected chi connectivity index (χ4v) is 5.44. The Morgan fingerprint density at radius 1 is 0.657 bits per heavy atom. The summed E-state index contributed by atoms with van der Waals surface area (Å²) in [5, 5.41) is 0. The molecule has 0 aliphatic rings. The summed E-state index contributed by atoms with van der Waals surface area (Å²) in [5.41, 5.74) is 0. The van der Waals surface area contributed by atoms with Gasteiger partial charge in [0.2, 0.25) is 0 Å². The van der Waals surface area contributed by atoms with Gasteiger partial charge in [0.1, 0.15) is 18.6 Å². The van der Waals surface area contributed by atoms with Crippen LogP contribution in [0.4, 0.5) is 0 Å². The smallest absolute Gasteiger partial charge is 0.389 e. The van der Waals surface area contributed by atoms with Gasteiger partial charge in [0.25, 0.3) is 0 Å². The van der Waals surface area contributed by atoms with E-state index in [9.17, 15) is 4.79 Å². The predicted molar refractivity (Wildman–Crippen MR) is 150 cm³/mol. The van der Waals surface area contributed by atoms with Crippen molar-refractivity contribution in [3.63, 3.8) is 0 Å². The minimum absolute atomic E-state index is 0. The van der Waals surface area contributed by atoms with E-state index in [4.69, 9.17) is 4.84 Å². The van der Waals surface area contributed by atoms with Crippen LogP contribution in [0.5, 0.6) is 0 Å². The maximum absolute atomic E-state index is 12.3. The molecule has 0 saturated carbocycles. The van der Waals surface area contributed by atoms with Crippen molar-refractivity contribution in [1.29, 1.82) is 0 Å². The van der Waals surface area contributed by atoms with Gasteiger partial charge in [-0.2, -0.15) is 0 Å². The molecule has 35 heavy (non-hydrogen) atoms. The van der Waals surface area contributed by atoms with Crippen LogP contribution >= 0.6 is 0 Å². The minimum atomic E-state index is -0.278. The monoisotopic (exact) mass is 559 g/mol. The second-order valence-electron chi connectivity index (χ2n) is 10.7. The van der Waals surface area contributed by atoms with Gasteiger partial charge in [-0.15, -0.1) is 4.65 Å². The summed E-state index contributed by atoms with van der Waals surface area (Å²) in [6.45, 7) is 15.8. The van der Waals surface area contributed by atoms with E-state index in [1.165, 1.54) is 122 Å². The maximum atomic E-state index is 12.3. The average Bonchev–Trinajstić information content (AvgIpc) is 2.84. The Labute approximate surface area is 231 Å².